The van der Waals surface area contributed by atoms with Crippen molar-refractivity contribution in [1.82, 2.24) is 0 Å². The summed E-state index contributed by atoms with van der Waals surface area (Å²) in [6.45, 7) is 5.53. The second-order valence-electron chi connectivity index (χ2n) is 4.33. The average molecular weight is 230 g/mol. The van der Waals surface area contributed by atoms with E-state index in [1.165, 1.54) is 0 Å². The average Bonchev–Trinajstić information content (AvgIpc) is 2.17. The van der Waals surface area contributed by atoms with Gasteiger partial charge in [-0.05, 0) is 23.5 Å². The number of alkyl halides is 3. The van der Waals surface area contributed by atoms with Crippen molar-refractivity contribution in [2.24, 2.45) is 0 Å². The van der Waals surface area contributed by atoms with Crippen LogP contribution in [0.1, 0.15) is 50.2 Å². The third kappa shape index (κ3) is 3.00. The van der Waals surface area contributed by atoms with E-state index in [2.05, 4.69) is 0 Å². The fourth-order valence-corrected chi connectivity index (χ4v) is 1.79. The molecule has 1 aromatic carbocycles. The molecular weight excluding hydrogens is 213 g/mol. The van der Waals surface area contributed by atoms with Gasteiger partial charge < -0.3 is 0 Å². The van der Waals surface area contributed by atoms with Gasteiger partial charge in [-0.1, -0.05) is 45.0 Å². The van der Waals surface area contributed by atoms with Crippen molar-refractivity contribution in [1.29, 1.82) is 0 Å². The first-order chi connectivity index (χ1) is 7.36. The zero-order valence-corrected chi connectivity index (χ0v) is 9.81. The van der Waals surface area contributed by atoms with Crippen molar-refractivity contribution in [2.75, 3.05) is 0 Å². The Bertz CT molecular complexity index is 339. The summed E-state index contributed by atoms with van der Waals surface area (Å²) in [5.74, 6) is -1.09. The van der Waals surface area contributed by atoms with Crippen molar-refractivity contribution in [3.8, 4) is 0 Å². The molecule has 0 amide bonds. The van der Waals surface area contributed by atoms with Crippen LogP contribution in [0.2, 0.25) is 0 Å². The van der Waals surface area contributed by atoms with Crippen molar-refractivity contribution >= 4 is 0 Å². The Morgan fingerprint density at radius 3 is 2.12 bits per heavy atom. The molecule has 0 aliphatic carbocycles. The maximum Gasteiger partial charge on any atom is 0.395 e. The van der Waals surface area contributed by atoms with Gasteiger partial charge in [-0.25, -0.2) is 0 Å². The molecule has 0 heterocycles. The van der Waals surface area contributed by atoms with Crippen LogP contribution in [-0.4, -0.2) is 6.18 Å². The van der Waals surface area contributed by atoms with Crippen LogP contribution in [-0.2, 0) is 0 Å². The summed E-state index contributed by atoms with van der Waals surface area (Å²) in [4.78, 5) is 0. The minimum absolute atomic E-state index is 0.0883. The van der Waals surface area contributed by atoms with Gasteiger partial charge in [0.2, 0.25) is 0 Å². The first kappa shape index (κ1) is 13.1. The normalized spacial score (nSPS) is 14.2. The summed E-state index contributed by atoms with van der Waals surface area (Å²) < 4.78 is 38.2. The highest BCUT2D eigenvalue weighted by atomic mass is 19.4. The monoisotopic (exact) mass is 230 g/mol. The molecule has 0 unspecified atom stereocenters. The van der Waals surface area contributed by atoms with E-state index in [4.69, 9.17) is 0 Å². The van der Waals surface area contributed by atoms with Gasteiger partial charge >= 0.3 is 6.18 Å². The van der Waals surface area contributed by atoms with Crippen LogP contribution >= 0.6 is 0 Å². The minimum Gasteiger partial charge on any atom is -0.170 e. The first-order valence-electron chi connectivity index (χ1n) is 5.52. The van der Waals surface area contributed by atoms with E-state index < -0.39 is 12.1 Å². The van der Waals surface area contributed by atoms with Crippen molar-refractivity contribution < 1.29 is 13.2 Å². The van der Waals surface area contributed by atoms with E-state index in [0.29, 0.717) is 5.56 Å². The topological polar surface area (TPSA) is 0 Å². The highest BCUT2D eigenvalue weighted by molar-refractivity contribution is 5.29. The highest BCUT2D eigenvalue weighted by Crippen LogP contribution is 2.37. The molecule has 0 aromatic heterocycles. The molecular formula is C13H17F3. The molecule has 1 rings (SSSR count). The molecule has 0 spiro atoms. The molecule has 0 bridgehead atoms. The van der Waals surface area contributed by atoms with E-state index in [9.17, 15) is 13.2 Å². The molecule has 16 heavy (non-hydrogen) atoms. The molecule has 0 saturated carbocycles. The maximum absolute atomic E-state index is 12.7. The summed E-state index contributed by atoms with van der Waals surface area (Å²) in [5, 5.41) is 0. The molecule has 1 atom stereocenters. The Labute approximate surface area is 94.5 Å². The summed E-state index contributed by atoms with van der Waals surface area (Å²) in [6.07, 6.45) is -4.06. The Kier molecular flexibility index (Phi) is 4.00. The van der Waals surface area contributed by atoms with Crippen LogP contribution in [0.25, 0.3) is 0 Å². The van der Waals surface area contributed by atoms with Gasteiger partial charge in [-0.3, -0.25) is 0 Å². The molecule has 0 nitrogen and oxygen atoms in total. The number of hydrogen-bond donors (Lipinski definition) is 0. The molecule has 0 N–H and O–H groups in total. The number of halogens is 3. The second kappa shape index (κ2) is 4.89. The zero-order chi connectivity index (χ0) is 12.3. The van der Waals surface area contributed by atoms with E-state index in [1.54, 1.807) is 25.1 Å². The lowest BCUT2D eigenvalue weighted by Crippen LogP contribution is -2.20. The molecule has 0 radical (unpaired) electrons. The zero-order valence-electron chi connectivity index (χ0n) is 9.81. The molecule has 90 valence electrons. The highest BCUT2D eigenvalue weighted by Gasteiger charge is 2.39. The van der Waals surface area contributed by atoms with Crippen LogP contribution in [0.5, 0.6) is 0 Å². The third-order valence-electron chi connectivity index (χ3n) is 2.78. The SMILES string of the molecule is CC[C@H](c1cccc(C(C)C)c1)C(F)(F)F. The smallest absolute Gasteiger partial charge is 0.170 e. The maximum atomic E-state index is 12.7. The standard InChI is InChI=1S/C13H17F3/c1-4-12(13(14,15)16)11-7-5-6-10(8-11)9(2)3/h5-9,12H,4H2,1-3H3/t12-/m1/s1. The van der Waals surface area contributed by atoms with Gasteiger partial charge in [0.15, 0.2) is 0 Å². The lowest BCUT2D eigenvalue weighted by atomic mass is 9.92. The molecule has 0 saturated heterocycles. The fraction of sp³-hybridized carbons (Fsp3) is 0.538. The van der Waals surface area contributed by atoms with E-state index in [0.717, 1.165) is 5.56 Å². The number of benzene rings is 1. The number of rotatable bonds is 3. The van der Waals surface area contributed by atoms with Gasteiger partial charge in [-0.2, -0.15) is 13.2 Å². The predicted molar refractivity (Wildman–Crippen MR) is 59.6 cm³/mol. The predicted octanol–water partition coefficient (Wildman–Crippen LogP) is 4.87. The van der Waals surface area contributed by atoms with Gasteiger partial charge in [0.1, 0.15) is 0 Å². The van der Waals surface area contributed by atoms with Gasteiger partial charge in [0, 0.05) is 0 Å². The third-order valence-corrected chi connectivity index (χ3v) is 2.78. The van der Waals surface area contributed by atoms with Gasteiger partial charge in [0.05, 0.1) is 5.92 Å². The Balaban J connectivity index is 3.07. The summed E-state index contributed by atoms with van der Waals surface area (Å²) >= 11 is 0. The summed E-state index contributed by atoms with van der Waals surface area (Å²) in [6, 6.07) is 6.82. The fourth-order valence-electron chi connectivity index (χ4n) is 1.79. The van der Waals surface area contributed by atoms with E-state index in [-0.39, 0.29) is 12.3 Å². The molecule has 0 fully saturated rings. The van der Waals surface area contributed by atoms with Crippen LogP contribution in [0.15, 0.2) is 24.3 Å². The van der Waals surface area contributed by atoms with Crippen LogP contribution in [0, 0.1) is 0 Å². The summed E-state index contributed by atoms with van der Waals surface area (Å²) in [5.41, 5.74) is 1.33. The first-order valence-corrected chi connectivity index (χ1v) is 5.52. The second-order valence-corrected chi connectivity index (χ2v) is 4.33. The largest absolute Gasteiger partial charge is 0.395 e. The molecule has 0 aliphatic heterocycles. The van der Waals surface area contributed by atoms with Crippen LogP contribution < -0.4 is 0 Å². The van der Waals surface area contributed by atoms with Gasteiger partial charge in [0.25, 0.3) is 0 Å². The van der Waals surface area contributed by atoms with Crippen LogP contribution in [0.4, 0.5) is 13.2 Å². The van der Waals surface area contributed by atoms with E-state index >= 15 is 0 Å². The lowest BCUT2D eigenvalue weighted by molar-refractivity contribution is -0.151. The van der Waals surface area contributed by atoms with Crippen molar-refractivity contribution in [3.05, 3.63) is 35.4 Å². The Morgan fingerprint density at radius 1 is 1.12 bits per heavy atom. The Morgan fingerprint density at radius 2 is 1.69 bits per heavy atom. The molecule has 1 aromatic rings. The quantitative estimate of drug-likeness (QED) is 0.695. The minimum atomic E-state index is -4.15. The van der Waals surface area contributed by atoms with Crippen molar-refractivity contribution in [3.63, 3.8) is 0 Å². The molecule has 3 heteroatoms. The molecule has 0 aliphatic rings. The Hall–Kier alpha value is -0.990. The van der Waals surface area contributed by atoms with E-state index in [1.807, 2.05) is 19.9 Å². The van der Waals surface area contributed by atoms with Gasteiger partial charge in [-0.15, -0.1) is 0 Å². The van der Waals surface area contributed by atoms with Crippen LogP contribution in [0.3, 0.4) is 0 Å². The van der Waals surface area contributed by atoms with Crippen molar-refractivity contribution in [2.45, 2.75) is 45.2 Å². The lowest BCUT2D eigenvalue weighted by Gasteiger charge is -2.20. The number of hydrogen-bond acceptors (Lipinski definition) is 0. The summed E-state index contributed by atoms with van der Waals surface area (Å²) in [7, 11) is 0.